The van der Waals surface area contributed by atoms with E-state index in [0.717, 1.165) is 10.8 Å². The minimum absolute atomic E-state index is 0.0487. The van der Waals surface area contributed by atoms with Gasteiger partial charge >= 0.3 is 0 Å². The van der Waals surface area contributed by atoms with Gasteiger partial charge in [0.25, 0.3) is 0 Å². The Kier molecular flexibility index (Phi) is 2.57. The average Bonchev–Trinajstić information content (AvgIpc) is 2.47. The maximum Gasteiger partial charge on any atom is 0.196 e. The normalized spacial score (nSPS) is 10.4. The number of carbonyl (C=O) groups is 1. The molecule has 3 nitrogen and oxygen atoms in total. The number of rotatable bonds is 2. The molecular formula is C15H10N2O. The van der Waals surface area contributed by atoms with E-state index in [1.54, 1.807) is 36.9 Å². The quantitative estimate of drug-likeness (QED) is 0.640. The van der Waals surface area contributed by atoms with Gasteiger partial charge in [0, 0.05) is 41.3 Å². The third-order valence-electron chi connectivity index (χ3n) is 2.84. The zero-order valence-electron chi connectivity index (χ0n) is 9.58. The van der Waals surface area contributed by atoms with Crippen LogP contribution in [0.1, 0.15) is 15.9 Å². The molecule has 2 heterocycles. The van der Waals surface area contributed by atoms with Gasteiger partial charge in [-0.15, -0.1) is 0 Å². The number of fused-ring (bicyclic) bond motifs is 1. The molecule has 1 aromatic carbocycles. The van der Waals surface area contributed by atoms with Crippen LogP contribution in [-0.2, 0) is 0 Å². The average molecular weight is 234 g/mol. The summed E-state index contributed by atoms with van der Waals surface area (Å²) in [5.74, 6) is -0.0487. The first-order chi connectivity index (χ1) is 8.86. The first kappa shape index (κ1) is 10.6. The molecule has 0 radical (unpaired) electrons. The Morgan fingerprint density at radius 3 is 2.61 bits per heavy atom. The van der Waals surface area contributed by atoms with Gasteiger partial charge < -0.3 is 0 Å². The number of pyridine rings is 2. The van der Waals surface area contributed by atoms with Crippen LogP contribution in [0.3, 0.4) is 0 Å². The van der Waals surface area contributed by atoms with E-state index < -0.39 is 0 Å². The summed E-state index contributed by atoms with van der Waals surface area (Å²) in [7, 11) is 0. The minimum Gasteiger partial charge on any atom is -0.288 e. The zero-order valence-corrected chi connectivity index (χ0v) is 9.58. The first-order valence-electron chi connectivity index (χ1n) is 5.64. The van der Waals surface area contributed by atoms with Gasteiger partial charge in [-0.05, 0) is 17.5 Å². The predicted molar refractivity (Wildman–Crippen MR) is 69.4 cm³/mol. The largest absolute Gasteiger partial charge is 0.288 e. The van der Waals surface area contributed by atoms with Crippen LogP contribution in [0.2, 0.25) is 0 Å². The number of benzene rings is 1. The fourth-order valence-corrected chi connectivity index (χ4v) is 1.95. The van der Waals surface area contributed by atoms with Crippen LogP contribution in [0.25, 0.3) is 10.8 Å². The highest BCUT2D eigenvalue weighted by Crippen LogP contribution is 2.19. The Labute approximate surface area is 104 Å². The van der Waals surface area contributed by atoms with Gasteiger partial charge in [0.15, 0.2) is 5.78 Å². The number of hydrogen-bond donors (Lipinski definition) is 0. The Hall–Kier alpha value is -2.55. The summed E-state index contributed by atoms with van der Waals surface area (Å²) in [5, 5.41) is 1.88. The van der Waals surface area contributed by atoms with Crippen molar-refractivity contribution in [2.24, 2.45) is 0 Å². The second kappa shape index (κ2) is 4.37. The van der Waals surface area contributed by atoms with E-state index in [1.807, 2.05) is 24.3 Å². The van der Waals surface area contributed by atoms with E-state index in [1.165, 1.54) is 0 Å². The lowest BCUT2D eigenvalue weighted by atomic mass is 10.0. The summed E-state index contributed by atoms with van der Waals surface area (Å²) in [6.07, 6.45) is 6.59. The molecule has 0 bridgehead atoms. The van der Waals surface area contributed by atoms with Crippen LogP contribution >= 0.6 is 0 Å². The smallest absolute Gasteiger partial charge is 0.196 e. The van der Waals surface area contributed by atoms with Crippen LogP contribution < -0.4 is 0 Å². The minimum atomic E-state index is -0.0487. The molecule has 2 aromatic heterocycles. The number of hydrogen-bond acceptors (Lipinski definition) is 3. The molecule has 0 saturated carbocycles. The van der Waals surface area contributed by atoms with E-state index in [4.69, 9.17) is 0 Å². The Morgan fingerprint density at radius 1 is 0.889 bits per heavy atom. The van der Waals surface area contributed by atoms with E-state index in [2.05, 4.69) is 9.97 Å². The van der Waals surface area contributed by atoms with Crippen molar-refractivity contribution in [3.05, 3.63) is 72.3 Å². The molecule has 0 unspecified atom stereocenters. The van der Waals surface area contributed by atoms with Gasteiger partial charge in [-0.3, -0.25) is 14.8 Å². The maximum absolute atomic E-state index is 12.4. The molecule has 0 N–H and O–H groups in total. The fraction of sp³-hybridized carbons (Fsp3) is 0. The SMILES string of the molecule is O=C(c1cccnc1)c1cncc2ccccc12. The van der Waals surface area contributed by atoms with Crippen molar-refractivity contribution >= 4 is 16.6 Å². The number of nitrogens with zero attached hydrogens (tertiary/aromatic N) is 2. The summed E-state index contributed by atoms with van der Waals surface area (Å²) in [4.78, 5) is 20.5. The van der Waals surface area contributed by atoms with Crippen molar-refractivity contribution < 1.29 is 4.79 Å². The van der Waals surface area contributed by atoms with Crippen molar-refractivity contribution in [3.63, 3.8) is 0 Å². The molecule has 0 spiro atoms. The van der Waals surface area contributed by atoms with Crippen molar-refractivity contribution in [1.82, 2.24) is 9.97 Å². The van der Waals surface area contributed by atoms with Gasteiger partial charge in [-0.25, -0.2) is 0 Å². The van der Waals surface area contributed by atoms with Crippen LogP contribution in [0.5, 0.6) is 0 Å². The van der Waals surface area contributed by atoms with Crippen molar-refractivity contribution in [3.8, 4) is 0 Å². The molecule has 0 aliphatic heterocycles. The summed E-state index contributed by atoms with van der Waals surface area (Å²) >= 11 is 0. The molecule has 0 amide bonds. The number of carbonyl (C=O) groups excluding carboxylic acids is 1. The van der Waals surface area contributed by atoms with E-state index in [-0.39, 0.29) is 5.78 Å². The van der Waals surface area contributed by atoms with E-state index in [0.29, 0.717) is 11.1 Å². The van der Waals surface area contributed by atoms with Gasteiger partial charge in [-0.2, -0.15) is 0 Å². The Morgan fingerprint density at radius 2 is 1.78 bits per heavy atom. The van der Waals surface area contributed by atoms with Crippen LogP contribution in [-0.4, -0.2) is 15.8 Å². The second-order valence-corrected chi connectivity index (χ2v) is 3.98. The summed E-state index contributed by atoms with van der Waals surface area (Å²) in [5.41, 5.74) is 1.19. The topological polar surface area (TPSA) is 42.9 Å². The van der Waals surface area contributed by atoms with Crippen LogP contribution in [0.4, 0.5) is 0 Å². The van der Waals surface area contributed by atoms with E-state index in [9.17, 15) is 4.79 Å². The summed E-state index contributed by atoms with van der Waals surface area (Å²) < 4.78 is 0. The van der Waals surface area contributed by atoms with Gasteiger partial charge in [0.1, 0.15) is 0 Å². The number of ketones is 1. The highest BCUT2D eigenvalue weighted by atomic mass is 16.1. The van der Waals surface area contributed by atoms with Gasteiger partial charge in [-0.1, -0.05) is 24.3 Å². The van der Waals surface area contributed by atoms with Crippen molar-refractivity contribution in [1.29, 1.82) is 0 Å². The first-order valence-corrected chi connectivity index (χ1v) is 5.64. The third kappa shape index (κ3) is 1.76. The summed E-state index contributed by atoms with van der Waals surface area (Å²) in [6, 6.07) is 11.2. The molecule has 0 saturated heterocycles. The number of aromatic nitrogens is 2. The standard InChI is InChI=1S/C15H10N2O/c18-15(12-5-3-7-16-9-12)14-10-17-8-11-4-1-2-6-13(11)14/h1-10H. The van der Waals surface area contributed by atoms with Crippen LogP contribution in [0, 0.1) is 0 Å². The summed E-state index contributed by atoms with van der Waals surface area (Å²) in [6.45, 7) is 0. The molecule has 3 rings (SSSR count). The highest BCUT2D eigenvalue weighted by molar-refractivity contribution is 6.15. The lowest BCUT2D eigenvalue weighted by Crippen LogP contribution is -2.03. The van der Waals surface area contributed by atoms with Crippen LogP contribution in [0.15, 0.2) is 61.2 Å². The third-order valence-corrected chi connectivity index (χ3v) is 2.84. The highest BCUT2D eigenvalue weighted by Gasteiger charge is 2.12. The predicted octanol–water partition coefficient (Wildman–Crippen LogP) is 2.86. The van der Waals surface area contributed by atoms with E-state index >= 15 is 0 Å². The molecule has 86 valence electrons. The molecule has 0 fully saturated rings. The van der Waals surface area contributed by atoms with Gasteiger partial charge in [0.05, 0.1) is 0 Å². The molecule has 0 atom stereocenters. The lowest BCUT2D eigenvalue weighted by Gasteiger charge is -2.04. The molecule has 0 aliphatic rings. The molecule has 0 aliphatic carbocycles. The molecule has 18 heavy (non-hydrogen) atoms. The zero-order chi connectivity index (χ0) is 12.4. The maximum atomic E-state index is 12.4. The molecule has 3 aromatic rings. The molecule has 3 heteroatoms. The Balaban J connectivity index is 2.18. The monoisotopic (exact) mass is 234 g/mol. The van der Waals surface area contributed by atoms with Gasteiger partial charge in [0.2, 0.25) is 0 Å². The van der Waals surface area contributed by atoms with Crippen molar-refractivity contribution in [2.45, 2.75) is 0 Å². The second-order valence-electron chi connectivity index (χ2n) is 3.98. The van der Waals surface area contributed by atoms with Crippen molar-refractivity contribution in [2.75, 3.05) is 0 Å². The Bertz CT molecular complexity index is 703. The lowest BCUT2D eigenvalue weighted by molar-refractivity contribution is 0.103. The molecular weight excluding hydrogens is 224 g/mol. The fourth-order valence-electron chi connectivity index (χ4n) is 1.95.